The van der Waals surface area contributed by atoms with E-state index in [1.165, 1.54) is 4.90 Å². The van der Waals surface area contributed by atoms with Crippen molar-refractivity contribution >= 4 is 26.7 Å². The Labute approximate surface area is 188 Å². The van der Waals surface area contributed by atoms with Crippen molar-refractivity contribution < 1.29 is 28.7 Å². The zero-order chi connectivity index (χ0) is 23.3. The monoisotopic (exact) mass is 451 g/mol. The van der Waals surface area contributed by atoms with Gasteiger partial charge in [0.25, 0.3) is 0 Å². The minimum Gasteiger partial charge on any atom is -0.492 e. The van der Waals surface area contributed by atoms with E-state index in [1.54, 1.807) is 0 Å². The average molecular weight is 451 g/mol. The number of carbonyl (C=O) groups excluding carboxylic acids is 1. The molecule has 1 saturated heterocycles. The standard InChI is InChI=1S/C22H38BNO6Si/c1-21(2)22(3,4)30-23(29-21)18-8-10-19(11-9-18)27-15-13-24(12-14-25)20(26)28-16-17-31(5,6)7/h8-11,25H,12-17H2,1-7H3. The van der Waals surface area contributed by atoms with Gasteiger partial charge in [-0.05, 0) is 51.3 Å². The Bertz CT molecular complexity index is 704. The van der Waals surface area contributed by atoms with E-state index in [-0.39, 0.29) is 24.4 Å². The maximum absolute atomic E-state index is 12.3. The number of carbonyl (C=O) groups is 1. The zero-order valence-corrected chi connectivity index (χ0v) is 21.1. The number of hydrogen-bond donors (Lipinski definition) is 1. The highest BCUT2D eigenvalue weighted by Gasteiger charge is 2.51. The van der Waals surface area contributed by atoms with Gasteiger partial charge in [0.15, 0.2) is 0 Å². The fourth-order valence-corrected chi connectivity index (χ4v) is 3.64. The quantitative estimate of drug-likeness (QED) is 0.551. The molecule has 0 aromatic heterocycles. The van der Waals surface area contributed by atoms with E-state index in [0.29, 0.717) is 25.5 Å². The van der Waals surface area contributed by atoms with Crippen molar-refractivity contribution in [1.82, 2.24) is 4.90 Å². The number of aliphatic hydroxyl groups is 1. The Morgan fingerprint density at radius 3 is 2.13 bits per heavy atom. The molecule has 0 bridgehead atoms. The highest BCUT2D eigenvalue weighted by Crippen LogP contribution is 2.36. The summed E-state index contributed by atoms with van der Waals surface area (Å²) in [5.74, 6) is 0.691. The Morgan fingerprint density at radius 1 is 1.03 bits per heavy atom. The fourth-order valence-electron chi connectivity index (χ4n) is 2.92. The normalized spacial score (nSPS) is 17.5. The van der Waals surface area contributed by atoms with Crippen LogP contribution in [0.15, 0.2) is 24.3 Å². The molecule has 1 aliphatic heterocycles. The van der Waals surface area contributed by atoms with Gasteiger partial charge in [0.2, 0.25) is 0 Å². The highest BCUT2D eigenvalue weighted by molar-refractivity contribution is 6.76. The third-order valence-electron chi connectivity index (χ3n) is 5.74. The molecule has 9 heteroatoms. The first-order valence-electron chi connectivity index (χ1n) is 11.0. The van der Waals surface area contributed by atoms with Crippen LogP contribution in [0, 0.1) is 0 Å². The van der Waals surface area contributed by atoms with Gasteiger partial charge < -0.3 is 28.8 Å². The molecule has 31 heavy (non-hydrogen) atoms. The third-order valence-corrected chi connectivity index (χ3v) is 7.45. The summed E-state index contributed by atoms with van der Waals surface area (Å²) in [5.41, 5.74) is 0.165. The van der Waals surface area contributed by atoms with Gasteiger partial charge in [-0.2, -0.15) is 0 Å². The van der Waals surface area contributed by atoms with Crippen molar-refractivity contribution in [2.45, 2.75) is 64.6 Å². The van der Waals surface area contributed by atoms with Crippen LogP contribution in [0.3, 0.4) is 0 Å². The van der Waals surface area contributed by atoms with Crippen LogP contribution in [0.4, 0.5) is 4.79 Å². The summed E-state index contributed by atoms with van der Waals surface area (Å²) in [6, 6.07) is 8.49. The van der Waals surface area contributed by atoms with E-state index in [2.05, 4.69) is 19.6 Å². The predicted octanol–water partition coefficient (Wildman–Crippen LogP) is 3.13. The van der Waals surface area contributed by atoms with Gasteiger partial charge >= 0.3 is 13.2 Å². The molecule has 1 heterocycles. The molecule has 0 unspecified atom stereocenters. The molecule has 0 atom stereocenters. The molecule has 0 saturated carbocycles. The lowest BCUT2D eigenvalue weighted by Gasteiger charge is -2.32. The van der Waals surface area contributed by atoms with Crippen LogP contribution in [0.5, 0.6) is 5.75 Å². The zero-order valence-electron chi connectivity index (χ0n) is 20.1. The molecule has 1 N–H and O–H groups in total. The molecule has 7 nitrogen and oxygen atoms in total. The Hall–Kier alpha value is -1.55. The lowest BCUT2D eigenvalue weighted by atomic mass is 9.79. The van der Waals surface area contributed by atoms with Crippen molar-refractivity contribution in [3.05, 3.63) is 24.3 Å². The summed E-state index contributed by atoms with van der Waals surface area (Å²) in [4.78, 5) is 13.8. The van der Waals surface area contributed by atoms with Crippen LogP contribution < -0.4 is 10.2 Å². The van der Waals surface area contributed by atoms with Crippen LogP contribution in [0.25, 0.3) is 0 Å². The first kappa shape index (κ1) is 25.7. The highest BCUT2D eigenvalue weighted by atomic mass is 28.3. The predicted molar refractivity (Wildman–Crippen MR) is 126 cm³/mol. The maximum atomic E-state index is 12.3. The first-order valence-corrected chi connectivity index (χ1v) is 14.7. The molecule has 1 aromatic carbocycles. The van der Waals surface area contributed by atoms with Gasteiger partial charge in [-0.25, -0.2) is 4.79 Å². The number of hydrogen-bond acceptors (Lipinski definition) is 6. The summed E-state index contributed by atoms with van der Waals surface area (Å²) in [5, 5.41) is 9.26. The molecule has 2 rings (SSSR count). The second-order valence-corrected chi connectivity index (χ2v) is 15.8. The smallest absolute Gasteiger partial charge is 0.492 e. The van der Waals surface area contributed by atoms with Crippen LogP contribution in [0.2, 0.25) is 25.7 Å². The van der Waals surface area contributed by atoms with E-state index in [4.69, 9.17) is 18.8 Å². The molecule has 174 valence electrons. The molecule has 0 aliphatic carbocycles. The Balaban J connectivity index is 1.83. The third kappa shape index (κ3) is 7.52. The summed E-state index contributed by atoms with van der Waals surface area (Å²) >= 11 is 0. The van der Waals surface area contributed by atoms with Crippen LogP contribution in [0.1, 0.15) is 27.7 Å². The molecule has 1 fully saturated rings. The fraction of sp³-hybridized carbons (Fsp3) is 0.682. The first-order chi connectivity index (χ1) is 14.3. The van der Waals surface area contributed by atoms with Crippen LogP contribution >= 0.6 is 0 Å². The summed E-state index contributed by atoms with van der Waals surface area (Å²) in [6.07, 6.45) is -0.410. The van der Waals surface area contributed by atoms with Crippen molar-refractivity contribution in [3.63, 3.8) is 0 Å². The van der Waals surface area contributed by atoms with Crippen LogP contribution in [-0.2, 0) is 14.0 Å². The van der Waals surface area contributed by atoms with Gasteiger partial charge in [0.05, 0.1) is 31.0 Å². The van der Waals surface area contributed by atoms with Gasteiger partial charge in [-0.15, -0.1) is 0 Å². The van der Waals surface area contributed by atoms with Crippen molar-refractivity contribution in [3.8, 4) is 5.75 Å². The molecular weight excluding hydrogens is 413 g/mol. The number of nitrogens with zero attached hydrogens (tertiary/aromatic N) is 1. The van der Waals surface area contributed by atoms with Gasteiger partial charge in [0, 0.05) is 14.6 Å². The van der Waals surface area contributed by atoms with Gasteiger partial charge in [0.1, 0.15) is 12.4 Å². The molecule has 0 radical (unpaired) electrons. The Kier molecular flexibility index (Phi) is 8.61. The van der Waals surface area contributed by atoms with E-state index >= 15 is 0 Å². The number of ether oxygens (including phenoxy) is 2. The molecule has 1 aromatic rings. The number of amides is 1. The number of rotatable bonds is 10. The minimum atomic E-state index is -1.27. The number of benzene rings is 1. The summed E-state index contributed by atoms with van der Waals surface area (Å²) < 4.78 is 23.3. The maximum Gasteiger partial charge on any atom is 0.494 e. The minimum absolute atomic E-state index is 0.119. The molecule has 1 amide bonds. The number of aliphatic hydroxyl groups excluding tert-OH is 1. The van der Waals surface area contributed by atoms with Crippen molar-refractivity contribution in [1.29, 1.82) is 0 Å². The summed E-state index contributed by atoms with van der Waals surface area (Å²) in [7, 11) is -1.68. The average Bonchev–Trinajstić information content (AvgIpc) is 2.88. The topological polar surface area (TPSA) is 77.5 Å². The largest absolute Gasteiger partial charge is 0.494 e. The lowest BCUT2D eigenvalue weighted by Crippen LogP contribution is -2.41. The molecule has 1 aliphatic rings. The van der Waals surface area contributed by atoms with E-state index in [1.807, 2.05) is 52.0 Å². The van der Waals surface area contributed by atoms with E-state index in [9.17, 15) is 9.90 Å². The van der Waals surface area contributed by atoms with Crippen molar-refractivity contribution in [2.24, 2.45) is 0 Å². The van der Waals surface area contributed by atoms with Crippen molar-refractivity contribution in [2.75, 3.05) is 32.9 Å². The molecule has 0 spiro atoms. The second-order valence-electron chi connectivity index (χ2n) is 10.1. The SMILES string of the molecule is CC1(C)OB(c2ccc(OCCN(CCO)C(=O)OCC[Si](C)(C)C)cc2)OC1(C)C. The molecular formula is C22H38BNO6Si. The van der Waals surface area contributed by atoms with Gasteiger partial charge in [-0.3, -0.25) is 0 Å². The lowest BCUT2D eigenvalue weighted by molar-refractivity contribution is 0.00578. The summed E-state index contributed by atoms with van der Waals surface area (Å²) in [6.45, 7) is 16.0. The van der Waals surface area contributed by atoms with Crippen LogP contribution in [-0.4, -0.2) is 75.4 Å². The second kappa shape index (κ2) is 10.4. The van der Waals surface area contributed by atoms with Gasteiger partial charge in [-0.1, -0.05) is 31.8 Å². The Morgan fingerprint density at radius 2 is 1.61 bits per heavy atom. The van der Waals surface area contributed by atoms with E-state index < -0.39 is 21.3 Å². The van der Waals surface area contributed by atoms with E-state index in [0.717, 1.165) is 11.5 Å².